The molecule has 7 nitrogen and oxygen atoms in total. The summed E-state index contributed by atoms with van der Waals surface area (Å²) in [5.41, 5.74) is 2.94. The second-order valence-electron chi connectivity index (χ2n) is 8.25. The number of para-hydroxylation sites is 3. The van der Waals surface area contributed by atoms with E-state index < -0.39 is 22.5 Å². The number of halogens is 1. The number of hydrogen-bond donors (Lipinski definition) is 1. The summed E-state index contributed by atoms with van der Waals surface area (Å²) in [6, 6.07) is 18.0. The minimum Gasteiger partial charge on any atom is -0.495 e. The standard InChI is InChI=1S/C26H22FN3O4S/c1-16-6-5-7-19-24(16)29(14-22(31)28-20-8-3-4-9-21(20)34-2)25(33)26(19)30(23(32)15-35-26)18-12-10-17(27)11-13-18/h3-13H,14-15H2,1-2H3,(H,28,31)/t26-/m0/s1. The Bertz CT molecular complexity index is 1350. The molecule has 1 fully saturated rings. The van der Waals surface area contributed by atoms with Gasteiger partial charge in [0.15, 0.2) is 0 Å². The van der Waals surface area contributed by atoms with E-state index in [1.807, 2.05) is 19.1 Å². The monoisotopic (exact) mass is 491 g/mol. The molecule has 1 spiro atoms. The molecule has 2 heterocycles. The van der Waals surface area contributed by atoms with Gasteiger partial charge in [0.05, 0.1) is 24.2 Å². The zero-order chi connectivity index (χ0) is 24.7. The Morgan fingerprint density at radius 2 is 1.83 bits per heavy atom. The molecular formula is C26H22FN3O4S. The van der Waals surface area contributed by atoms with Crippen LogP contribution in [0.2, 0.25) is 0 Å². The van der Waals surface area contributed by atoms with E-state index >= 15 is 0 Å². The van der Waals surface area contributed by atoms with Crippen LogP contribution in [0.4, 0.5) is 21.5 Å². The lowest BCUT2D eigenvalue weighted by molar-refractivity contribution is -0.124. The normalized spacial score (nSPS) is 18.8. The molecule has 3 amide bonds. The van der Waals surface area contributed by atoms with Gasteiger partial charge in [0.25, 0.3) is 5.91 Å². The van der Waals surface area contributed by atoms with E-state index in [9.17, 15) is 18.8 Å². The van der Waals surface area contributed by atoms with Crippen molar-refractivity contribution in [2.24, 2.45) is 0 Å². The van der Waals surface area contributed by atoms with Crippen molar-refractivity contribution in [1.29, 1.82) is 0 Å². The summed E-state index contributed by atoms with van der Waals surface area (Å²) < 4.78 is 18.9. The molecule has 0 radical (unpaired) electrons. The minimum absolute atomic E-state index is 0.0811. The lowest BCUT2D eigenvalue weighted by Gasteiger charge is -2.33. The molecule has 0 bridgehead atoms. The second kappa shape index (κ2) is 8.74. The molecule has 35 heavy (non-hydrogen) atoms. The fourth-order valence-corrected chi connectivity index (χ4v) is 6.02. The predicted molar refractivity (Wildman–Crippen MR) is 133 cm³/mol. The summed E-state index contributed by atoms with van der Waals surface area (Å²) in [7, 11) is 1.51. The van der Waals surface area contributed by atoms with Gasteiger partial charge in [0, 0.05) is 11.3 Å². The molecule has 0 unspecified atom stereocenters. The zero-order valence-corrected chi connectivity index (χ0v) is 19.9. The number of hydrogen-bond acceptors (Lipinski definition) is 5. The molecule has 3 aromatic carbocycles. The van der Waals surface area contributed by atoms with E-state index in [0.717, 1.165) is 5.56 Å². The maximum absolute atomic E-state index is 14.1. The molecule has 1 saturated heterocycles. The lowest BCUT2D eigenvalue weighted by atomic mass is 10.0. The minimum atomic E-state index is -1.37. The van der Waals surface area contributed by atoms with Crippen LogP contribution in [-0.4, -0.2) is 37.1 Å². The number of nitrogens with one attached hydrogen (secondary N) is 1. The predicted octanol–water partition coefficient (Wildman–Crippen LogP) is 4.06. The van der Waals surface area contributed by atoms with Crippen LogP contribution in [0, 0.1) is 12.7 Å². The van der Waals surface area contributed by atoms with Crippen molar-refractivity contribution < 1.29 is 23.5 Å². The molecule has 9 heteroatoms. The third kappa shape index (κ3) is 3.63. The van der Waals surface area contributed by atoms with Gasteiger partial charge in [-0.25, -0.2) is 4.39 Å². The number of ether oxygens (including phenoxy) is 1. The third-order valence-corrected chi connectivity index (χ3v) is 7.53. The fourth-order valence-electron chi connectivity index (χ4n) is 4.66. The van der Waals surface area contributed by atoms with E-state index in [0.29, 0.717) is 28.4 Å². The van der Waals surface area contributed by atoms with Crippen molar-refractivity contribution >= 4 is 46.5 Å². The Hall–Kier alpha value is -3.85. The van der Waals surface area contributed by atoms with E-state index in [2.05, 4.69) is 5.32 Å². The van der Waals surface area contributed by atoms with Gasteiger partial charge in [0.1, 0.15) is 18.1 Å². The Kier molecular flexibility index (Phi) is 5.72. The molecule has 0 aromatic heterocycles. The Morgan fingerprint density at radius 3 is 2.57 bits per heavy atom. The number of thioether (sulfide) groups is 1. The first-order chi connectivity index (χ1) is 16.9. The average molecular weight is 492 g/mol. The zero-order valence-electron chi connectivity index (χ0n) is 19.1. The number of rotatable bonds is 5. The quantitative estimate of drug-likeness (QED) is 0.582. The summed E-state index contributed by atoms with van der Waals surface area (Å²) >= 11 is 1.21. The van der Waals surface area contributed by atoms with Crippen LogP contribution < -0.4 is 19.9 Å². The highest BCUT2D eigenvalue weighted by molar-refractivity contribution is 8.02. The van der Waals surface area contributed by atoms with Crippen molar-refractivity contribution in [3.05, 3.63) is 83.7 Å². The van der Waals surface area contributed by atoms with E-state index in [-0.39, 0.29) is 18.2 Å². The molecule has 5 rings (SSSR count). The SMILES string of the molecule is COc1ccccc1NC(=O)CN1C(=O)[C@@]2(SCC(=O)N2c2ccc(F)cc2)c2cccc(C)c21. The smallest absolute Gasteiger partial charge is 0.269 e. The highest BCUT2D eigenvalue weighted by Gasteiger charge is 2.61. The molecule has 1 atom stereocenters. The first-order valence-corrected chi connectivity index (χ1v) is 11.9. The largest absolute Gasteiger partial charge is 0.495 e. The summed E-state index contributed by atoms with van der Waals surface area (Å²) in [4.78, 5) is 41.7. The molecule has 2 aliphatic rings. The number of carbonyl (C=O) groups excluding carboxylic acids is 3. The van der Waals surface area contributed by atoms with Crippen LogP contribution in [0.5, 0.6) is 5.75 Å². The average Bonchev–Trinajstić information content (AvgIpc) is 3.31. The first-order valence-electron chi connectivity index (χ1n) is 10.9. The van der Waals surface area contributed by atoms with Gasteiger partial charge < -0.3 is 10.1 Å². The van der Waals surface area contributed by atoms with Gasteiger partial charge in [-0.15, -0.1) is 11.8 Å². The van der Waals surface area contributed by atoms with Gasteiger partial charge in [0.2, 0.25) is 16.7 Å². The molecule has 3 aromatic rings. The Labute approximate surface area is 205 Å². The summed E-state index contributed by atoms with van der Waals surface area (Å²) in [5, 5.41) is 2.81. The van der Waals surface area contributed by atoms with Crippen molar-refractivity contribution in [3.63, 3.8) is 0 Å². The van der Waals surface area contributed by atoms with E-state index in [4.69, 9.17) is 4.74 Å². The van der Waals surface area contributed by atoms with E-state index in [1.54, 1.807) is 30.3 Å². The van der Waals surface area contributed by atoms with Gasteiger partial charge in [-0.2, -0.15) is 0 Å². The number of benzene rings is 3. The third-order valence-electron chi connectivity index (χ3n) is 6.14. The van der Waals surface area contributed by atoms with Crippen LogP contribution in [0.25, 0.3) is 0 Å². The first kappa shape index (κ1) is 22.9. The molecular weight excluding hydrogens is 469 g/mol. The Morgan fingerprint density at radius 1 is 1.09 bits per heavy atom. The second-order valence-corrected chi connectivity index (χ2v) is 9.42. The lowest BCUT2D eigenvalue weighted by Crippen LogP contribution is -2.50. The highest BCUT2D eigenvalue weighted by atomic mass is 32.2. The molecule has 1 N–H and O–H groups in total. The number of fused-ring (bicyclic) bond motifs is 2. The van der Waals surface area contributed by atoms with Crippen LogP contribution >= 0.6 is 11.8 Å². The molecule has 0 saturated carbocycles. The Balaban J connectivity index is 1.54. The van der Waals surface area contributed by atoms with E-state index in [1.165, 1.54) is 52.9 Å². The number of aryl methyl sites for hydroxylation is 1. The van der Waals surface area contributed by atoms with Crippen LogP contribution in [0.1, 0.15) is 11.1 Å². The van der Waals surface area contributed by atoms with Crippen LogP contribution in [0.15, 0.2) is 66.7 Å². The maximum atomic E-state index is 14.1. The van der Waals surface area contributed by atoms with Gasteiger partial charge in [-0.3, -0.25) is 24.2 Å². The number of amides is 3. The molecule has 178 valence electrons. The van der Waals surface area contributed by atoms with Gasteiger partial charge in [-0.05, 0) is 48.9 Å². The summed E-state index contributed by atoms with van der Waals surface area (Å²) in [6.45, 7) is 1.61. The van der Waals surface area contributed by atoms with Crippen LogP contribution in [0.3, 0.4) is 0 Å². The van der Waals surface area contributed by atoms with Crippen molar-refractivity contribution in [1.82, 2.24) is 0 Å². The number of nitrogens with zero attached hydrogens (tertiary/aromatic N) is 2. The van der Waals surface area contributed by atoms with Gasteiger partial charge in [-0.1, -0.05) is 30.3 Å². The van der Waals surface area contributed by atoms with Crippen molar-refractivity contribution in [2.45, 2.75) is 11.8 Å². The molecule has 0 aliphatic carbocycles. The van der Waals surface area contributed by atoms with Gasteiger partial charge >= 0.3 is 0 Å². The summed E-state index contributed by atoms with van der Waals surface area (Å²) in [6.07, 6.45) is 0. The number of methoxy groups -OCH3 is 1. The number of anilines is 3. The van der Waals surface area contributed by atoms with Crippen molar-refractivity contribution in [3.8, 4) is 5.75 Å². The van der Waals surface area contributed by atoms with Crippen molar-refractivity contribution in [2.75, 3.05) is 34.5 Å². The number of carbonyl (C=O) groups is 3. The maximum Gasteiger partial charge on any atom is 0.269 e. The highest BCUT2D eigenvalue weighted by Crippen LogP contribution is 2.56. The molecule has 2 aliphatic heterocycles. The van der Waals surface area contributed by atoms with Crippen LogP contribution in [-0.2, 0) is 19.3 Å². The summed E-state index contributed by atoms with van der Waals surface area (Å²) in [5.74, 6) is -0.916. The topological polar surface area (TPSA) is 79.0 Å². The fraction of sp³-hybridized carbons (Fsp3) is 0.192.